The monoisotopic (exact) mass is 304 g/mol. The molecule has 1 fully saturated rings. The van der Waals surface area contributed by atoms with Crippen molar-refractivity contribution in [3.05, 3.63) is 23.8 Å². The summed E-state index contributed by atoms with van der Waals surface area (Å²) in [5.74, 6) is 2.42. The highest BCUT2D eigenvalue weighted by Crippen LogP contribution is 2.24. The van der Waals surface area contributed by atoms with Crippen molar-refractivity contribution >= 4 is 5.91 Å². The van der Waals surface area contributed by atoms with Gasteiger partial charge in [-0.25, -0.2) is 4.98 Å². The molecule has 6 nitrogen and oxygen atoms in total. The molecule has 22 heavy (non-hydrogen) atoms. The fourth-order valence-electron chi connectivity index (χ4n) is 2.95. The van der Waals surface area contributed by atoms with E-state index in [0.717, 1.165) is 24.5 Å². The number of aromatic amines is 1. The van der Waals surface area contributed by atoms with Gasteiger partial charge in [-0.3, -0.25) is 9.89 Å². The van der Waals surface area contributed by atoms with Gasteiger partial charge in [0.25, 0.3) is 0 Å². The first-order valence-corrected chi connectivity index (χ1v) is 8.11. The minimum Gasteiger partial charge on any atom is -0.367 e. The highest BCUT2D eigenvalue weighted by Gasteiger charge is 2.29. The number of aromatic nitrogens is 3. The van der Waals surface area contributed by atoms with Crippen LogP contribution in [0.4, 0.5) is 0 Å². The number of amides is 1. The maximum atomic E-state index is 12.4. The lowest BCUT2D eigenvalue weighted by Gasteiger charge is -2.32. The number of hydrogen-bond acceptors (Lipinski definition) is 4. The Balaban J connectivity index is 1.60. The zero-order valence-corrected chi connectivity index (χ0v) is 13.3. The predicted molar refractivity (Wildman–Crippen MR) is 82.2 cm³/mol. The summed E-state index contributed by atoms with van der Waals surface area (Å²) in [6, 6.07) is 0. The van der Waals surface area contributed by atoms with Gasteiger partial charge in [0.15, 0.2) is 11.6 Å². The normalized spacial score (nSPS) is 25.1. The van der Waals surface area contributed by atoms with E-state index in [2.05, 4.69) is 41.2 Å². The molecule has 0 radical (unpaired) electrons. The summed E-state index contributed by atoms with van der Waals surface area (Å²) in [7, 11) is 0. The van der Waals surface area contributed by atoms with E-state index in [4.69, 9.17) is 4.74 Å². The Kier molecular flexibility index (Phi) is 4.57. The van der Waals surface area contributed by atoms with E-state index in [-0.39, 0.29) is 17.9 Å². The topological polar surface area (TPSA) is 71.1 Å². The van der Waals surface area contributed by atoms with E-state index in [0.29, 0.717) is 32.0 Å². The smallest absolute Gasteiger partial charge is 0.223 e. The van der Waals surface area contributed by atoms with Gasteiger partial charge in [-0.15, -0.1) is 0 Å². The minimum absolute atomic E-state index is 0.197. The number of carbonyl (C=O) groups is 1. The molecule has 6 heteroatoms. The molecule has 3 rings (SSSR count). The quantitative estimate of drug-likeness (QED) is 0.866. The van der Waals surface area contributed by atoms with Crippen LogP contribution >= 0.6 is 0 Å². The molecule has 2 aliphatic rings. The highest BCUT2D eigenvalue weighted by atomic mass is 16.5. The summed E-state index contributed by atoms with van der Waals surface area (Å²) in [6.07, 6.45) is 6.94. The van der Waals surface area contributed by atoms with Crippen LogP contribution in [-0.2, 0) is 9.53 Å². The summed E-state index contributed by atoms with van der Waals surface area (Å²) in [4.78, 5) is 18.8. The van der Waals surface area contributed by atoms with Crippen LogP contribution in [0.15, 0.2) is 12.2 Å². The van der Waals surface area contributed by atoms with Crippen LogP contribution in [0.25, 0.3) is 0 Å². The van der Waals surface area contributed by atoms with E-state index < -0.39 is 0 Å². The molecule has 0 spiro atoms. The highest BCUT2D eigenvalue weighted by molar-refractivity contribution is 5.76. The van der Waals surface area contributed by atoms with Crippen LogP contribution in [0.1, 0.15) is 56.8 Å². The third-order valence-corrected chi connectivity index (χ3v) is 4.31. The number of nitrogens with one attached hydrogen (secondary N) is 1. The molecule has 1 amide bonds. The van der Waals surface area contributed by atoms with Crippen molar-refractivity contribution < 1.29 is 9.53 Å². The third kappa shape index (κ3) is 3.38. The van der Waals surface area contributed by atoms with Crippen LogP contribution in [-0.4, -0.2) is 45.7 Å². The first-order chi connectivity index (χ1) is 10.6. The molecule has 1 aromatic heterocycles. The fraction of sp³-hybridized carbons (Fsp3) is 0.688. The maximum Gasteiger partial charge on any atom is 0.223 e. The summed E-state index contributed by atoms with van der Waals surface area (Å²) in [6.45, 7) is 5.88. The van der Waals surface area contributed by atoms with Crippen molar-refractivity contribution in [2.24, 2.45) is 5.92 Å². The molecule has 1 N–H and O–H groups in total. The number of ether oxygens (including phenoxy) is 1. The van der Waals surface area contributed by atoms with Crippen LogP contribution < -0.4 is 0 Å². The Hall–Kier alpha value is -1.69. The number of nitrogens with zero attached hydrogens (tertiary/aromatic N) is 3. The van der Waals surface area contributed by atoms with Crippen molar-refractivity contribution in [3.63, 3.8) is 0 Å². The van der Waals surface area contributed by atoms with Crippen LogP contribution in [0.3, 0.4) is 0 Å². The lowest BCUT2D eigenvalue weighted by Crippen LogP contribution is -2.43. The second-order valence-corrected chi connectivity index (χ2v) is 6.40. The van der Waals surface area contributed by atoms with E-state index in [1.54, 1.807) is 0 Å². The Labute approximate surface area is 130 Å². The van der Waals surface area contributed by atoms with Gasteiger partial charge < -0.3 is 9.64 Å². The van der Waals surface area contributed by atoms with Gasteiger partial charge in [-0.1, -0.05) is 26.0 Å². The molecular formula is C16H24N4O2. The fourth-order valence-corrected chi connectivity index (χ4v) is 2.95. The first-order valence-electron chi connectivity index (χ1n) is 8.11. The molecule has 0 aromatic carbocycles. The van der Waals surface area contributed by atoms with E-state index in [1.165, 1.54) is 0 Å². The summed E-state index contributed by atoms with van der Waals surface area (Å²) in [5, 5.41) is 7.17. The van der Waals surface area contributed by atoms with Crippen molar-refractivity contribution in [3.8, 4) is 0 Å². The van der Waals surface area contributed by atoms with Gasteiger partial charge in [-0.05, 0) is 18.8 Å². The molecule has 1 aliphatic carbocycles. The molecular weight excluding hydrogens is 280 g/mol. The Morgan fingerprint density at radius 1 is 1.55 bits per heavy atom. The van der Waals surface area contributed by atoms with Crippen LogP contribution in [0.5, 0.6) is 0 Å². The van der Waals surface area contributed by atoms with Crippen molar-refractivity contribution in [1.29, 1.82) is 0 Å². The van der Waals surface area contributed by atoms with Gasteiger partial charge in [0.05, 0.1) is 13.2 Å². The largest absolute Gasteiger partial charge is 0.367 e. The second kappa shape index (κ2) is 6.60. The van der Waals surface area contributed by atoms with Crippen molar-refractivity contribution in [2.45, 2.75) is 45.1 Å². The standard InChI is InChI=1S/C16H24N4O2/c1-11(2)15-17-16(19-18-15)13-10-20(7-8-22-13)14(21)9-12-5-3-4-6-12/h3,5,11-13H,4,6-10H2,1-2H3,(H,17,18,19)/t12-,13-/m0/s1. The molecule has 1 saturated heterocycles. The Morgan fingerprint density at radius 2 is 2.41 bits per heavy atom. The van der Waals surface area contributed by atoms with Crippen LogP contribution in [0, 0.1) is 5.92 Å². The van der Waals surface area contributed by atoms with Crippen molar-refractivity contribution in [2.75, 3.05) is 19.7 Å². The Morgan fingerprint density at radius 3 is 3.09 bits per heavy atom. The molecule has 2 heterocycles. The van der Waals surface area contributed by atoms with Gasteiger partial charge in [0.2, 0.25) is 5.91 Å². The second-order valence-electron chi connectivity index (χ2n) is 6.40. The Bertz CT molecular complexity index is 552. The van der Waals surface area contributed by atoms with E-state index in [1.807, 2.05) is 4.90 Å². The molecule has 1 aromatic rings. The maximum absolute atomic E-state index is 12.4. The number of hydrogen-bond donors (Lipinski definition) is 1. The predicted octanol–water partition coefficient (Wildman–Crippen LogP) is 2.18. The number of H-pyrrole nitrogens is 1. The average molecular weight is 304 g/mol. The first kappa shape index (κ1) is 15.2. The number of allylic oxidation sites excluding steroid dienone is 2. The van der Waals surface area contributed by atoms with Gasteiger partial charge >= 0.3 is 0 Å². The van der Waals surface area contributed by atoms with Crippen LogP contribution in [0.2, 0.25) is 0 Å². The number of rotatable bonds is 4. The molecule has 0 unspecified atom stereocenters. The summed E-state index contributed by atoms with van der Waals surface area (Å²) >= 11 is 0. The molecule has 2 atom stereocenters. The molecule has 120 valence electrons. The van der Waals surface area contributed by atoms with Crippen molar-refractivity contribution in [1.82, 2.24) is 20.1 Å². The summed E-state index contributed by atoms with van der Waals surface area (Å²) < 4.78 is 5.77. The lowest BCUT2D eigenvalue weighted by atomic mass is 10.0. The number of carbonyl (C=O) groups excluding carboxylic acids is 1. The average Bonchev–Trinajstić information content (AvgIpc) is 3.18. The van der Waals surface area contributed by atoms with E-state index >= 15 is 0 Å². The van der Waals surface area contributed by atoms with E-state index in [9.17, 15) is 4.79 Å². The van der Waals surface area contributed by atoms with Gasteiger partial charge in [-0.2, -0.15) is 5.10 Å². The lowest BCUT2D eigenvalue weighted by molar-refractivity contribution is -0.140. The molecule has 1 aliphatic heterocycles. The minimum atomic E-state index is -0.197. The summed E-state index contributed by atoms with van der Waals surface area (Å²) in [5.41, 5.74) is 0. The zero-order valence-electron chi connectivity index (χ0n) is 13.3. The third-order valence-electron chi connectivity index (χ3n) is 4.31. The van der Waals surface area contributed by atoms with Gasteiger partial charge in [0, 0.05) is 18.9 Å². The molecule has 0 bridgehead atoms. The molecule has 0 saturated carbocycles. The van der Waals surface area contributed by atoms with Gasteiger partial charge in [0.1, 0.15) is 6.10 Å². The number of morpholine rings is 1. The SMILES string of the molecule is CC(C)c1n[nH]c([C@@H]2CN(C(=O)C[C@H]3C=CCC3)CCO2)n1. The zero-order chi connectivity index (χ0) is 15.5.